The predicted molar refractivity (Wildman–Crippen MR) is 92.9 cm³/mol. The van der Waals surface area contributed by atoms with Crippen molar-refractivity contribution in [2.45, 2.75) is 46.5 Å². The van der Waals surface area contributed by atoms with Gasteiger partial charge in [0.15, 0.2) is 5.78 Å². The van der Waals surface area contributed by atoms with Gasteiger partial charge in [0.25, 0.3) is 0 Å². The van der Waals surface area contributed by atoms with Gasteiger partial charge >= 0.3 is 6.09 Å². The molecule has 4 atom stereocenters. The van der Waals surface area contributed by atoms with E-state index in [1.807, 2.05) is 17.9 Å². The van der Waals surface area contributed by atoms with E-state index < -0.39 is 0 Å². The van der Waals surface area contributed by atoms with Crippen LogP contribution < -0.4 is 0 Å². The van der Waals surface area contributed by atoms with E-state index in [1.165, 1.54) is 5.71 Å². The fourth-order valence-corrected chi connectivity index (χ4v) is 4.78. The van der Waals surface area contributed by atoms with Gasteiger partial charge in [0, 0.05) is 31.6 Å². The van der Waals surface area contributed by atoms with Gasteiger partial charge in [0.1, 0.15) is 5.70 Å². The highest BCUT2D eigenvalue weighted by molar-refractivity contribution is 5.99. The highest BCUT2D eigenvalue weighted by Gasteiger charge is 2.48. The smallest absolute Gasteiger partial charge is 0.409 e. The summed E-state index contributed by atoms with van der Waals surface area (Å²) >= 11 is 0. The van der Waals surface area contributed by atoms with Crippen LogP contribution in [0.15, 0.2) is 16.8 Å². The highest BCUT2D eigenvalue weighted by Crippen LogP contribution is 2.46. The lowest BCUT2D eigenvalue weighted by atomic mass is 9.64. The Morgan fingerprint density at radius 2 is 2.12 bits per heavy atom. The van der Waals surface area contributed by atoms with Crippen molar-refractivity contribution >= 4 is 17.6 Å². The predicted octanol–water partition coefficient (Wildman–Crippen LogP) is 3.44. The summed E-state index contributed by atoms with van der Waals surface area (Å²) in [5.41, 5.74) is 1.81. The molecule has 0 aromatic heterocycles. The summed E-state index contributed by atoms with van der Waals surface area (Å²) in [6, 6.07) is 0. The zero-order valence-electron chi connectivity index (χ0n) is 15.0. The molecule has 3 aliphatic rings. The van der Waals surface area contributed by atoms with E-state index in [2.05, 4.69) is 6.92 Å². The SMILES string of the molecule is CCCC1C2CC=C(C(C)=O)N=C2CC2CN(C(=O)OCC)CC21. The minimum absolute atomic E-state index is 0.0506. The van der Waals surface area contributed by atoms with Gasteiger partial charge in [0.2, 0.25) is 0 Å². The number of likely N-dealkylation sites (tertiary alicyclic amines) is 1. The first-order valence-corrected chi connectivity index (χ1v) is 9.25. The number of carbonyl (C=O) groups is 2. The molecule has 1 amide bonds. The van der Waals surface area contributed by atoms with E-state index in [9.17, 15) is 9.59 Å². The Hall–Kier alpha value is -1.65. The normalized spacial score (nSPS) is 31.7. The first-order chi connectivity index (χ1) is 11.5. The van der Waals surface area contributed by atoms with Gasteiger partial charge in [-0.1, -0.05) is 19.4 Å². The number of ketones is 1. The fourth-order valence-electron chi connectivity index (χ4n) is 4.78. The van der Waals surface area contributed by atoms with Crippen LogP contribution in [-0.4, -0.2) is 42.2 Å². The monoisotopic (exact) mass is 332 g/mol. The van der Waals surface area contributed by atoms with Gasteiger partial charge < -0.3 is 9.64 Å². The Morgan fingerprint density at radius 1 is 1.33 bits per heavy atom. The third-order valence-electron chi connectivity index (χ3n) is 5.80. The van der Waals surface area contributed by atoms with E-state index in [-0.39, 0.29) is 11.9 Å². The molecule has 2 fully saturated rings. The summed E-state index contributed by atoms with van der Waals surface area (Å²) in [6.07, 6.45) is 5.95. The van der Waals surface area contributed by atoms with Crippen LogP contribution in [0.3, 0.4) is 0 Å². The second-order valence-electron chi connectivity index (χ2n) is 7.28. The number of aliphatic imine (C=N–C) groups is 1. The summed E-state index contributed by atoms with van der Waals surface area (Å²) in [4.78, 5) is 30.4. The van der Waals surface area contributed by atoms with E-state index >= 15 is 0 Å². The van der Waals surface area contributed by atoms with Gasteiger partial charge in [-0.25, -0.2) is 4.79 Å². The molecule has 2 heterocycles. The van der Waals surface area contributed by atoms with Crippen LogP contribution in [0, 0.1) is 23.7 Å². The minimum atomic E-state index is -0.186. The van der Waals surface area contributed by atoms with E-state index in [4.69, 9.17) is 9.73 Å². The largest absolute Gasteiger partial charge is 0.450 e. The van der Waals surface area contributed by atoms with Gasteiger partial charge in [-0.15, -0.1) is 0 Å². The van der Waals surface area contributed by atoms with E-state index in [0.29, 0.717) is 36.0 Å². The number of amides is 1. The van der Waals surface area contributed by atoms with Gasteiger partial charge in [-0.2, -0.15) is 0 Å². The molecule has 5 heteroatoms. The molecule has 2 aliphatic heterocycles. The fraction of sp³-hybridized carbons (Fsp3) is 0.737. The lowest BCUT2D eigenvalue weighted by Crippen LogP contribution is -2.41. The number of carbonyl (C=O) groups excluding carboxylic acids is 2. The zero-order valence-corrected chi connectivity index (χ0v) is 15.0. The van der Waals surface area contributed by atoms with Crippen LogP contribution in [0.25, 0.3) is 0 Å². The molecular formula is C19H28N2O3. The number of hydrogen-bond acceptors (Lipinski definition) is 4. The van der Waals surface area contributed by atoms with Crippen molar-refractivity contribution in [1.82, 2.24) is 4.90 Å². The molecule has 0 bridgehead atoms. The molecule has 1 saturated carbocycles. The minimum Gasteiger partial charge on any atom is -0.450 e. The first-order valence-electron chi connectivity index (χ1n) is 9.25. The maximum Gasteiger partial charge on any atom is 0.409 e. The van der Waals surface area contributed by atoms with Crippen molar-refractivity contribution in [2.24, 2.45) is 28.7 Å². The van der Waals surface area contributed by atoms with Crippen molar-refractivity contribution in [3.63, 3.8) is 0 Å². The number of ether oxygens (including phenoxy) is 1. The van der Waals surface area contributed by atoms with Crippen molar-refractivity contribution in [3.05, 3.63) is 11.8 Å². The first kappa shape index (κ1) is 17.2. The number of allylic oxidation sites excluding steroid dienone is 2. The van der Waals surface area contributed by atoms with Crippen molar-refractivity contribution < 1.29 is 14.3 Å². The molecule has 0 radical (unpaired) electrons. The second kappa shape index (κ2) is 7.08. The van der Waals surface area contributed by atoms with Crippen LogP contribution >= 0.6 is 0 Å². The Kier molecular flexibility index (Phi) is 5.07. The Bertz CT molecular complexity index is 581. The molecule has 4 unspecified atom stereocenters. The Labute approximate surface area is 144 Å². The molecule has 0 spiro atoms. The average Bonchev–Trinajstić information content (AvgIpc) is 2.98. The molecular weight excluding hydrogens is 304 g/mol. The third kappa shape index (κ3) is 3.13. The van der Waals surface area contributed by atoms with Crippen LogP contribution in [0.5, 0.6) is 0 Å². The number of fused-ring (bicyclic) bond motifs is 2. The Balaban J connectivity index is 1.81. The Morgan fingerprint density at radius 3 is 2.79 bits per heavy atom. The number of nitrogens with zero attached hydrogens (tertiary/aromatic N) is 2. The van der Waals surface area contributed by atoms with Crippen molar-refractivity contribution in [3.8, 4) is 0 Å². The van der Waals surface area contributed by atoms with E-state index in [1.54, 1.807) is 6.92 Å². The maximum absolute atomic E-state index is 12.1. The molecule has 0 aromatic carbocycles. The van der Waals surface area contributed by atoms with Gasteiger partial charge in [0.05, 0.1) is 6.61 Å². The van der Waals surface area contributed by atoms with Crippen molar-refractivity contribution in [1.29, 1.82) is 0 Å². The van der Waals surface area contributed by atoms with Crippen LogP contribution in [-0.2, 0) is 9.53 Å². The highest BCUT2D eigenvalue weighted by atomic mass is 16.6. The summed E-state index contributed by atoms with van der Waals surface area (Å²) in [5.74, 6) is 2.03. The molecule has 24 heavy (non-hydrogen) atoms. The summed E-state index contributed by atoms with van der Waals surface area (Å²) < 4.78 is 5.20. The molecule has 1 saturated heterocycles. The summed E-state index contributed by atoms with van der Waals surface area (Å²) in [7, 11) is 0. The topological polar surface area (TPSA) is 59.0 Å². The maximum atomic E-state index is 12.1. The van der Waals surface area contributed by atoms with E-state index in [0.717, 1.165) is 38.8 Å². The van der Waals surface area contributed by atoms with Crippen molar-refractivity contribution in [2.75, 3.05) is 19.7 Å². The summed E-state index contributed by atoms with van der Waals surface area (Å²) in [6.45, 7) is 7.64. The third-order valence-corrected chi connectivity index (χ3v) is 5.80. The number of rotatable bonds is 4. The standard InChI is InChI=1S/C19H28N2O3/c1-4-6-14-15-7-8-17(12(3)22)20-18(15)9-13-10-21(11-16(13)14)19(23)24-5-2/h8,13-16H,4-7,9-11H2,1-3H3. The molecule has 5 nitrogen and oxygen atoms in total. The lowest BCUT2D eigenvalue weighted by Gasteiger charge is -2.41. The van der Waals surface area contributed by atoms with Crippen LogP contribution in [0.1, 0.15) is 46.5 Å². The van der Waals surface area contributed by atoms with Crippen LogP contribution in [0.4, 0.5) is 4.79 Å². The number of Topliss-reactive ketones (excluding diaryl/α,β-unsaturated/α-hetero) is 1. The molecule has 132 valence electrons. The summed E-state index contributed by atoms with van der Waals surface area (Å²) in [5, 5.41) is 0. The molecule has 1 aliphatic carbocycles. The molecule has 0 aromatic rings. The molecule has 0 N–H and O–H groups in total. The van der Waals surface area contributed by atoms with Gasteiger partial charge in [-0.3, -0.25) is 9.79 Å². The molecule has 3 rings (SSSR count). The van der Waals surface area contributed by atoms with Crippen LogP contribution in [0.2, 0.25) is 0 Å². The second-order valence-corrected chi connectivity index (χ2v) is 7.28. The number of hydrogen-bond donors (Lipinski definition) is 0. The van der Waals surface area contributed by atoms with Gasteiger partial charge in [-0.05, 0) is 43.9 Å². The average molecular weight is 332 g/mol. The lowest BCUT2D eigenvalue weighted by molar-refractivity contribution is -0.113. The zero-order chi connectivity index (χ0) is 17.3. The quantitative estimate of drug-likeness (QED) is 0.792.